The summed E-state index contributed by atoms with van der Waals surface area (Å²) in [4.78, 5) is 16.2. The lowest BCUT2D eigenvalue weighted by Crippen LogP contribution is -2.39. The molecular formula is C21H28FN3O2. The summed E-state index contributed by atoms with van der Waals surface area (Å²) in [7, 11) is 4.00. The minimum absolute atomic E-state index is 0.180. The summed E-state index contributed by atoms with van der Waals surface area (Å²) in [5, 5.41) is 2.92. The Balaban J connectivity index is 1.87. The van der Waals surface area contributed by atoms with Crippen LogP contribution in [0, 0.1) is 5.82 Å². The van der Waals surface area contributed by atoms with Crippen LogP contribution in [-0.2, 0) is 13.1 Å². The molecule has 5 nitrogen and oxygen atoms in total. The molecule has 0 spiro atoms. The first-order chi connectivity index (χ1) is 13.0. The van der Waals surface area contributed by atoms with Gasteiger partial charge in [-0.25, -0.2) is 9.18 Å². The molecule has 2 rings (SSSR count). The molecular weight excluding hydrogens is 345 g/mol. The molecule has 0 aromatic heterocycles. The van der Waals surface area contributed by atoms with Crippen molar-refractivity contribution in [3.8, 4) is 5.75 Å². The summed E-state index contributed by atoms with van der Waals surface area (Å²) in [5.74, 6) is 0.491. The zero-order valence-corrected chi connectivity index (χ0v) is 16.2. The van der Waals surface area contributed by atoms with Crippen molar-refractivity contribution in [3.05, 3.63) is 65.5 Å². The maximum atomic E-state index is 13.3. The quantitative estimate of drug-likeness (QED) is 0.732. The van der Waals surface area contributed by atoms with E-state index < -0.39 is 0 Å². The van der Waals surface area contributed by atoms with Gasteiger partial charge < -0.3 is 19.9 Å². The van der Waals surface area contributed by atoms with Gasteiger partial charge in [-0.15, -0.1) is 0 Å². The van der Waals surface area contributed by atoms with Crippen LogP contribution >= 0.6 is 0 Å². The predicted octanol–water partition coefficient (Wildman–Crippen LogP) is 3.50. The molecule has 1 N–H and O–H groups in total. The van der Waals surface area contributed by atoms with E-state index in [1.807, 2.05) is 51.4 Å². The summed E-state index contributed by atoms with van der Waals surface area (Å²) in [6.07, 6.45) is 0. The molecule has 2 aromatic rings. The lowest BCUT2D eigenvalue weighted by molar-refractivity contribution is 0.197. The van der Waals surface area contributed by atoms with Gasteiger partial charge in [0.2, 0.25) is 0 Å². The topological polar surface area (TPSA) is 44.8 Å². The number of nitrogens with zero attached hydrogens (tertiary/aromatic N) is 2. The van der Waals surface area contributed by atoms with Crippen LogP contribution in [0.3, 0.4) is 0 Å². The number of hydrogen-bond donors (Lipinski definition) is 1. The van der Waals surface area contributed by atoms with Gasteiger partial charge in [-0.2, -0.15) is 0 Å². The summed E-state index contributed by atoms with van der Waals surface area (Å²) in [6, 6.07) is 13.8. The molecule has 2 amide bonds. The summed E-state index contributed by atoms with van der Waals surface area (Å²) >= 11 is 0. The third-order valence-electron chi connectivity index (χ3n) is 4.08. The van der Waals surface area contributed by atoms with E-state index >= 15 is 0 Å². The number of hydrogen-bond acceptors (Lipinski definition) is 3. The first kappa shape index (κ1) is 20.7. The Labute approximate surface area is 160 Å². The second-order valence-electron chi connectivity index (χ2n) is 6.60. The highest BCUT2D eigenvalue weighted by Gasteiger charge is 2.12. The van der Waals surface area contributed by atoms with Crippen LogP contribution < -0.4 is 10.1 Å². The van der Waals surface area contributed by atoms with E-state index in [1.54, 1.807) is 11.0 Å². The van der Waals surface area contributed by atoms with Crippen molar-refractivity contribution in [1.29, 1.82) is 0 Å². The maximum absolute atomic E-state index is 13.3. The van der Waals surface area contributed by atoms with Crippen molar-refractivity contribution in [1.82, 2.24) is 15.1 Å². The van der Waals surface area contributed by atoms with Gasteiger partial charge in [0, 0.05) is 26.2 Å². The summed E-state index contributed by atoms with van der Waals surface area (Å²) in [5.41, 5.74) is 1.73. The highest BCUT2D eigenvalue weighted by Crippen LogP contribution is 2.13. The molecule has 0 saturated heterocycles. The molecule has 0 heterocycles. The normalized spacial score (nSPS) is 10.7. The Morgan fingerprint density at radius 2 is 1.85 bits per heavy atom. The second kappa shape index (κ2) is 10.5. The van der Waals surface area contributed by atoms with Gasteiger partial charge in [0.25, 0.3) is 0 Å². The number of likely N-dealkylation sites (N-methyl/N-ethyl adjacent to an activating group) is 1. The van der Waals surface area contributed by atoms with Gasteiger partial charge in [0.15, 0.2) is 0 Å². The Hall–Kier alpha value is -2.60. The van der Waals surface area contributed by atoms with Gasteiger partial charge in [0.1, 0.15) is 18.2 Å². The lowest BCUT2D eigenvalue weighted by atomic mass is 10.2. The zero-order valence-electron chi connectivity index (χ0n) is 16.2. The van der Waals surface area contributed by atoms with Crippen LogP contribution in [0.2, 0.25) is 0 Å². The lowest BCUT2D eigenvalue weighted by Gasteiger charge is -2.21. The summed E-state index contributed by atoms with van der Waals surface area (Å²) < 4.78 is 19.1. The van der Waals surface area contributed by atoms with Crippen LogP contribution in [0.4, 0.5) is 9.18 Å². The second-order valence-corrected chi connectivity index (χ2v) is 6.60. The van der Waals surface area contributed by atoms with Crippen LogP contribution in [0.25, 0.3) is 0 Å². The summed E-state index contributed by atoms with van der Waals surface area (Å²) in [6.45, 7) is 4.66. The molecule has 0 aliphatic heterocycles. The predicted molar refractivity (Wildman–Crippen MR) is 105 cm³/mol. The Morgan fingerprint density at radius 3 is 2.56 bits per heavy atom. The first-order valence-corrected chi connectivity index (χ1v) is 9.11. The van der Waals surface area contributed by atoms with Crippen molar-refractivity contribution in [2.75, 3.05) is 33.8 Å². The minimum atomic E-state index is -0.296. The largest absolute Gasteiger partial charge is 0.492 e. The molecule has 0 aliphatic carbocycles. The van der Waals surface area contributed by atoms with E-state index in [0.29, 0.717) is 26.2 Å². The number of amides is 2. The number of benzene rings is 2. The Bertz CT molecular complexity index is 737. The van der Waals surface area contributed by atoms with Gasteiger partial charge in [-0.1, -0.05) is 24.3 Å². The van der Waals surface area contributed by atoms with E-state index in [9.17, 15) is 9.18 Å². The zero-order chi connectivity index (χ0) is 19.6. The van der Waals surface area contributed by atoms with E-state index in [2.05, 4.69) is 10.2 Å². The highest BCUT2D eigenvalue weighted by atomic mass is 19.1. The number of ether oxygens (including phenoxy) is 1. The molecule has 146 valence electrons. The fourth-order valence-electron chi connectivity index (χ4n) is 2.56. The SMILES string of the molecule is CCN(Cc1cccc(F)c1)C(=O)NCc1cccc(OCCN(C)C)c1. The van der Waals surface area contributed by atoms with Crippen molar-refractivity contribution in [2.45, 2.75) is 20.0 Å². The first-order valence-electron chi connectivity index (χ1n) is 9.11. The minimum Gasteiger partial charge on any atom is -0.492 e. The van der Waals surface area contributed by atoms with E-state index in [4.69, 9.17) is 4.74 Å². The third-order valence-corrected chi connectivity index (χ3v) is 4.08. The molecule has 0 unspecified atom stereocenters. The molecule has 2 aromatic carbocycles. The number of halogens is 1. The van der Waals surface area contributed by atoms with Crippen LogP contribution in [0.1, 0.15) is 18.1 Å². The molecule has 0 bridgehead atoms. The maximum Gasteiger partial charge on any atom is 0.317 e. The van der Waals surface area contributed by atoms with Gasteiger partial charge in [0.05, 0.1) is 0 Å². The fourth-order valence-corrected chi connectivity index (χ4v) is 2.56. The van der Waals surface area contributed by atoms with Gasteiger partial charge >= 0.3 is 6.03 Å². The molecule has 0 radical (unpaired) electrons. The van der Waals surface area contributed by atoms with Crippen molar-refractivity contribution < 1.29 is 13.9 Å². The molecule has 0 atom stereocenters. The Morgan fingerprint density at radius 1 is 1.11 bits per heavy atom. The van der Waals surface area contributed by atoms with Crippen LogP contribution in [0.5, 0.6) is 5.75 Å². The van der Waals surface area contributed by atoms with Crippen LogP contribution in [-0.4, -0.2) is 49.6 Å². The number of carbonyl (C=O) groups excluding carboxylic acids is 1. The van der Waals surface area contributed by atoms with Crippen molar-refractivity contribution >= 4 is 6.03 Å². The number of rotatable bonds is 9. The molecule has 0 saturated carbocycles. The Kier molecular flexibility index (Phi) is 8.07. The molecule has 6 heteroatoms. The average Bonchev–Trinajstić information content (AvgIpc) is 2.64. The molecule has 27 heavy (non-hydrogen) atoms. The highest BCUT2D eigenvalue weighted by molar-refractivity contribution is 5.74. The standard InChI is InChI=1S/C21H28FN3O2/c1-4-25(16-18-8-5-9-19(22)13-18)21(26)23-15-17-7-6-10-20(14-17)27-12-11-24(2)3/h5-10,13-14H,4,11-12,15-16H2,1-3H3,(H,23,26). The van der Waals surface area contributed by atoms with Gasteiger partial charge in [-0.3, -0.25) is 0 Å². The number of urea groups is 1. The smallest absolute Gasteiger partial charge is 0.317 e. The van der Waals surface area contributed by atoms with Crippen molar-refractivity contribution in [2.24, 2.45) is 0 Å². The monoisotopic (exact) mass is 373 g/mol. The molecule has 0 fully saturated rings. The van der Waals surface area contributed by atoms with Crippen LogP contribution in [0.15, 0.2) is 48.5 Å². The molecule has 0 aliphatic rings. The van der Waals surface area contributed by atoms with Crippen molar-refractivity contribution in [3.63, 3.8) is 0 Å². The third kappa shape index (κ3) is 7.27. The average molecular weight is 373 g/mol. The van der Waals surface area contributed by atoms with E-state index in [-0.39, 0.29) is 11.8 Å². The van der Waals surface area contributed by atoms with E-state index in [0.717, 1.165) is 23.4 Å². The fraction of sp³-hybridized carbons (Fsp3) is 0.381. The number of nitrogens with one attached hydrogen (secondary N) is 1. The van der Waals surface area contributed by atoms with E-state index in [1.165, 1.54) is 12.1 Å². The van der Waals surface area contributed by atoms with Gasteiger partial charge in [-0.05, 0) is 56.4 Å². The number of carbonyl (C=O) groups is 1.